The van der Waals surface area contributed by atoms with E-state index in [1.54, 1.807) is 12.1 Å². The first-order valence-electron chi connectivity index (χ1n) is 12.6. The summed E-state index contributed by atoms with van der Waals surface area (Å²) in [6.07, 6.45) is 0.640. The predicted molar refractivity (Wildman–Crippen MR) is 149 cm³/mol. The number of aliphatic hydroxyl groups is 1. The molecule has 0 aromatic heterocycles. The van der Waals surface area contributed by atoms with Crippen LogP contribution in [0.1, 0.15) is 24.8 Å². The number of carbonyl (C=O) groups excluding carboxylic acids is 1. The van der Waals surface area contributed by atoms with Crippen molar-refractivity contribution in [2.75, 3.05) is 37.0 Å². The van der Waals surface area contributed by atoms with E-state index in [4.69, 9.17) is 16.3 Å². The molecule has 3 aromatic rings. The van der Waals surface area contributed by atoms with Gasteiger partial charge in [-0.3, -0.25) is 9.69 Å². The summed E-state index contributed by atoms with van der Waals surface area (Å²) in [5, 5.41) is 22.7. The van der Waals surface area contributed by atoms with Crippen LogP contribution >= 0.6 is 11.6 Å². The molecule has 0 atom stereocenters. The van der Waals surface area contributed by atoms with Crippen molar-refractivity contribution >= 4 is 35.0 Å². The second-order valence-corrected chi connectivity index (χ2v) is 9.62. The minimum Gasteiger partial charge on any atom is -0.496 e. The summed E-state index contributed by atoms with van der Waals surface area (Å²) in [6, 6.07) is 20.4. The Kier molecular flexibility index (Phi) is 9.23. The number of amides is 2. The second-order valence-electron chi connectivity index (χ2n) is 9.21. The largest absolute Gasteiger partial charge is 0.496 e. The molecule has 3 N–H and O–H groups in total. The Morgan fingerprint density at radius 1 is 1.08 bits per heavy atom. The molecule has 0 radical (unpaired) electrons. The van der Waals surface area contributed by atoms with Gasteiger partial charge in [0.15, 0.2) is 0 Å². The average Bonchev–Trinajstić information content (AvgIpc) is 2.94. The number of hydrogen-bond acceptors (Lipinski definition) is 5. The van der Waals surface area contributed by atoms with E-state index in [1.165, 1.54) is 12.0 Å². The topological polar surface area (TPSA) is 102 Å². The van der Waals surface area contributed by atoms with E-state index >= 15 is 0 Å². The zero-order valence-corrected chi connectivity index (χ0v) is 22.0. The van der Waals surface area contributed by atoms with Crippen LogP contribution in [0.5, 0.6) is 5.75 Å². The Labute approximate surface area is 227 Å². The molecule has 9 heteroatoms. The highest BCUT2D eigenvalue weighted by Gasteiger charge is 2.30. The normalized spacial score (nSPS) is 14.2. The van der Waals surface area contributed by atoms with Gasteiger partial charge in [0.2, 0.25) is 5.91 Å². The van der Waals surface area contributed by atoms with Crippen LogP contribution in [-0.2, 0) is 11.4 Å². The molecular formula is C29H32ClN3O5. The standard InChI is InChI=1S/C29H32ClN3O5/c1-38-27-18-25(24(30)17-21(27)19-34)31-28(35)13-16-32-14-11-22(12-15-32)33(29(36)37)26-10-6-5-9-23(26)20-7-3-2-4-8-20/h2-10,17-18,22,34H,11-16,19H2,1H3,(H,31,35)(H,36,37). The van der Waals surface area contributed by atoms with Crippen LogP contribution in [-0.4, -0.2) is 59.9 Å². The molecule has 0 bridgehead atoms. The van der Waals surface area contributed by atoms with Crippen LogP contribution in [0.4, 0.5) is 16.2 Å². The maximum Gasteiger partial charge on any atom is 0.412 e. The summed E-state index contributed by atoms with van der Waals surface area (Å²) in [4.78, 5) is 28.7. The van der Waals surface area contributed by atoms with Gasteiger partial charge >= 0.3 is 6.09 Å². The highest BCUT2D eigenvalue weighted by atomic mass is 35.5. The van der Waals surface area contributed by atoms with Gasteiger partial charge in [-0.1, -0.05) is 60.1 Å². The van der Waals surface area contributed by atoms with E-state index < -0.39 is 6.09 Å². The van der Waals surface area contributed by atoms with Gasteiger partial charge in [0.1, 0.15) is 5.75 Å². The van der Waals surface area contributed by atoms with Gasteiger partial charge < -0.3 is 25.2 Å². The van der Waals surface area contributed by atoms with Crippen molar-refractivity contribution in [1.82, 2.24) is 4.90 Å². The molecule has 38 heavy (non-hydrogen) atoms. The number of halogens is 1. The maximum atomic E-state index is 12.6. The van der Waals surface area contributed by atoms with Crippen molar-refractivity contribution in [2.45, 2.75) is 31.9 Å². The number of piperidine rings is 1. The molecule has 0 unspecified atom stereocenters. The average molecular weight is 538 g/mol. The Bertz CT molecular complexity index is 1260. The molecule has 1 aliphatic heterocycles. The lowest BCUT2D eigenvalue weighted by Gasteiger charge is -2.37. The summed E-state index contributed by atoms with van der Waals surface area (Å²) >= 11 is 6.26. The number of para-hydroxylation sites is 1. The van der Waals surface area contributed by atoms with Gasteiger partial charge in [-0.05, 0) is 30.5 Å². The van der Waals surface area contributed by atoms with E-state index in [0.717, 1.165) is 11.1 Å². The minimum absolute atomic E-state index is 0.154. The number of carboxylic acid groups (broad SMARTS) is 1. The number of hydrogen-bond donors (Lipinski definition) is 3. The molecule has 3 aromatic carbocycles. The fraction of sp³-hybridized carbons (Fsp3) is 0.310. The van der Waals surface area contributed by atoms with Gasteiger partial charge in [-0.15, -0.1) is 0 Å². The highest BCUT2D eigenvalue weighted by molar-refractivity contribution is 6.33. The third-order valence-electron chi connectivity index (χ3n) is 6.85. The number of anilines is 2. The van der Waals surface area contributed by atoms with Gasteiger partial charge in [0.25, 0.3) is 0 Å². The summed E-state index contributed by atoms with van der Waals surface area (Å²) in [5.74, 6) is 0.267. The number of benzene rings is 3. The molecule has 2 amide bonds. The van der Waals surface area contributed by atoms with Crippen molar-refractivity contribution in [3.05, 3.63) is 77.3 Å². The Morgan fingerprint density at radius 3 is 2.42 bits per heavy atom. The van der Waals surface area contributed by atoms with Crippen LogP contribution in [0.3, 0.4) is 0 Å². The number of rotatable bonds is 9. The first-order valence-corrected chi connectivity index (χ1v) is 12.9. The molecule has 0 spiro atoms. The molecule has 4 rings (SSSR count). The van der Waals surface area contributed by atoms with Crippen molar-refractivity contribution in [3.8, 4) is 16.9 Å². The van der Waals surface area contributed by atoms with Gasteiger partial charge in [0.05, 0.1) is 30.1 Å². The van der Waals surface area contributed by atoms with E-state index in [-0.39, 0.29) is 25.0 Å². The summed E-state index contributed by atoms with van der Waals surface area (Å²) in [7, 11) is 1.49. The first kappa shape index (κ1) is 27.4. The Morgan fingerprint density at radius 2 is 1.76 bits per heavy atom. The SMILES string of the molecule is COc1cc(NC(=O)CCN2CCC(N(C(=O)O)c3ccccc3-c3ccccc3)CC2)c(Cl)cc1CO. The van der Waals surface area contributed by atoms with E-state index in [0.29, 0.717) is 60.2 Å². The van der Waals surface area contributed by atoms with Crippen LogP contribution in [0, 0.1) is 0 Å². The summed E-state index contributed by atoms with van der Waals surface area (Å²) < 4.78 is 5.26. The number of ether oxygens (including phenoxy) is 1. The van der Waals surface area contributed by atoms with Crippen molar-refractivity contribution in [1.29, 1.82) is 0 Å². The van der Waals surface area contributed by atoms with Crippen LogP contribution in [0.2, 0.25) is 5.02 Å². The molecule has 1 heterocycles. The minimum atomic E-state index is -0.967. The molecular weight excluding hydrogens is 506 g/mol. The zero-order chi connectivity index (χ0) is 27.1. The molecule has 0 saturated carbocycles. The van der Waals surface area contributed by atoms with Gasteiger partial charge in [0, 0.05) is 49.3 Å². The third kappa shape index (κ3) is 6.45. The molecule has 200 valence electrons. The summed E-state index contributed by atoms with van der Waals surface area (Å²) in [5.41, 5.74) is 3.51. The quantitative estimate of drug-likeness (QED) is 0.334. The number of aliphatic hydroxyl groups excluding tert-OH is 1. The monoisotopic (exact) mass is 537 g/mol. The number of likely N-dealkylation sites (tertiary alicyclic amines) is 1. The number of methoxy groups -OCH3 is 1. The molecule has 1 saturated heterocycles. The maximum absolute atomic E-state index is 12.6. The highest BCUT2D eigenvalue weighted by Crippen LogP contribution is 2.34. The number of nitrogens with one attached hydrogen (secondary N) is 1. The first-order chi connectivity index (χ1) is 18.4. The smallest absolute Gasteiger partial charge is 0.412 e. The molecule has 1 fully saturated rings. The Hall–Kier alpha value is -3.59. The lowest BCUT2D eigenvalue weighted by molar-refractivity contribution is -0.116. The van der Waals surface area contributed by atoms with Crippen molar-refractivity contribution in [2.24, 2.45) is 0 Å². The lowest BCUT2D eigenvalue weighted by atomic mass is 9.98. The molecule has 8 nitrogen and oxygen atoms in total. The van der Waals surface area contributed by atoms with E-state index in [1.807, 2.05) is 54.6 Å². The van der Waals surface area contributed by atoms with Crippen LogP contribution in [0.15, 0.2) is 66.7 Å². The zero-order valence-electron chi connectivity index (χ0n) is 21.3. The molecule has 1 aliphatic rings. The van der Waals surface area contributed by atoms with Crippen molar-refractivity contribution < 1.29 is 24.5 Å². The van der Waals surface area contributed by atoms with Gasteiger partial charge in [-0.25, -0.2) is 4.79 Å². The Balaban J connectivity index is 1.35. The summed E-state index contributed by atoms with van der Waals surface area (Å²) in [6.45, 7) is 1.71. The number of carbonyl (C=O) groups is 2. The van der Waals surface area contributed by atoms with Gasteiger partial charge in [-0.2, -0.15) is 0 Å². The fourth-order valence-electron chi connectivity index (χ4n) is 4.88. The van der Waals surface area contributed by atoms with Crippen molar-refractivity contribution in [3.63, 3.8) is 0 Å². The van der Waals surface area contributed by atoms with E-state index in [9.17, 15) is 19.8 Å². The number of nitrogens with zero attached hydrogens (tertiary/aromatic N) is 2. The predicted octanol–water partition coefficient (Wildman–Crippen LogP) is 5.49. The van der Waals surface area contributed by atoms with E-state index in [2.05, 4.69) is 10.2 Å². The third-order valence-corrected chi connectivity index (χ3v) is 7.16. The van der Waals surface area contributed by atoms with Crippen LogP contribution in [0.25, 0.3) is 11.1 Å². The fourth-order valence-corrected chi connectivity index (χ4v) is 5.11. The second kappa shape index (κ2) is 12.8. The van der Waals surface area contributed by atoms with Crippen LogP contribution < -0.4 is 15.0 Å². The molecule has 0 aliphatic carbocycles. The lowest BCUT2D eigenvalue weighted by Crippen LogP contribution is -2.47.